The first kappa shape index (κ1) is 11.3. The number of benzene rings is 1. The summed E-state index contributed by atoms with van der Waals surface area (Å²) in [5.41, 5.74) is 1.00. The van der Waals surface area contributed by atoms with Gasteiger partial charge in [0, 0.05) is 13.3 Å². The lowest BCUT2D eigenvalue weighted by Gasteiger charge is -2.01. The fraction of sp³-hybridized carbons (Fsp3) is 0.250. The molecule has 5 nitrogen and oxygen atoms in total. The van der Waals surface area contributed by atoms with E-state index in [0.717, 1.165) is 11.3 Å². The predicted molar refractivity (Wildman–Crippen MR) is 60.1 cm³/mol. The summed E-state index contributed by atoms with van der Waals surface area (Å²) in [4.78, 5) is 15.0. The van der Waals surface area contributed by atoms with Crippen molar-refractivity contribution in [2.75, 3.05) is 7.11 Å². The van der Waals surface area contributed by atoms with Crippen LogP contribution in [0.15, 0.2) is 28.8 Å². The standard InChI is InChI=1S/C12H12N2O3/c1-8(15)12-13-11(14-17-12)7-9-4-3-5-10(6-9)16-2/h3-6H,7H2,1-2H3. The third-order valence-electron chi connectivity index (χ3n) is 2.27. The monoisotopic (exact) mass is 232 g/mol. The molecule has 0 bridgehead atoms. The van der Waals surface area contributed by atoms with Gasteiger partial charge in [0.2, 0.25) is 5.78 Å². The molecule has 1 aromatic carbocycles. The van der Waals surface area contributed by atoms with E-state index in [9.17, 15) is 4.79 Å². The topological polar surface area (TPSA) is 65.2 Å². The highest BCUT2D eigenvalue weighted by atomic mass is 16.5. The second kappa shape index (κ2) is 4.78. The third-order valence-corrected chi connectivity index (χ3v) is 2.27. The molecule has 0 radical (unpaired) electrons. The van der Waals surface area contributed by atoms with Gasteiger partial charge in [0.15, 0.2) is 5.82 Å². The number of rotatable bonds is 4. The van der Waals surface area contributed by atoms with Gasteiger partial charge in [-0.1, -0.05) is 17.3 Å². The Bertz CT molecular complexity index is 534. The van der Waals surface area contributed by atoms with Gasteiger partial charge in [0.25, 0.3) is 5.89 Å². The molecule has 0 unspecified atom stereocenters. The van der Waals surface area contributed by atoms with Crippen LogP contribution >= 0.6 is 0 Å². The fourth-order valence-electron chi connectivity index (χ4n) is 1.43. The molecule has 1 heterocycles. The second-order valence-electron chi connectivity index (χ2n) is 3.60. The zero-order valence-corrected chi connectivity index (χ0v) is 9.64. The van der Waals surface area contributed by atoms with Crippen molar-refractivity contribution in [2.24, 2.45) is 0 Å². The Balaban J connectivity index is 2.16. The van der Waals surface area contributed by atoms with Gasteiger partial charge in [-0.3, -0.25) is 4.79 Å². The molecule has 0 saturated heterocycles. The van der Waals surface area contributed by atoms with E-state index in [1.165, 1.54) is 6.92 Å². The zero-order valence-electron chi connectivity index (χ0n) is 9.64. The van der Waals surface area contributed by atoms with Crippen LogP contribution in [0.1, 0.15) is 29.0 Å². The molecule has 0 atom stereocenters. The Morgan fingerprint density at radius 1 is 1.47 bits per heavy atom. The normalized spacial score (nSPS) is 10.2. The van der Waals surface area contributed by atoms with Crippen LogP contribution in [0.25, 0.3) is 0 Å². The van der Waals surface area contributed by atoms with Crippen molar-refractivity contribution in [3.8, 4) is 5.75 Å². The van der Waals surface area contributed by atoms with Crippen LogP contribution in [0.2, 0.25) is 0 Å². The minimum atomic E-state index is -0.227. The molecule has 2 aromatic rings. The number of Topliss-reactive ketones (excluding diaryl/α,β-unsaturated/α-hetero) is 1. The molecule has 2 rings (SSSR count). The van der Waals surface area contributed by atoms with Crippen molar-refractivity contribution >= 4 is 5.78 Å². The number of ketones is 1. The van der Waals surface area contributed by atoms with E-state index in [1.807, 2.05) is 24.3 Å². The van der Waals surface area contributed by atoms with Crippen molar-refractivity contribution in [2.45, 2.75) is 13.3 Å². The molecule has 0 spiro atoms. The maximum Gasteiger partial charge on any atom is 0.293 e. The number of aromatic nitrogens is 2. The molecule has 5 heteroatoms. The third kappa shape index (κ3) is 2.69. The Hall–Kier alpha value is -2.17. The van der Waals surface area contributed by atoms with Gasteiger partial charge in [0.1, 0.15) is 5.75 Å². The van der Waals surface area contributed by atoms with Crippen LogP contribution in [0.4, 0.5) is 0 Å². The number of carbonyl (C=O) groups excluding carboxylic acids is 1. The van der Waals surface area contributed by atoms with E-state index in [4.69, 9.17) is 9.26 Å². The quantitative estimate of drug-likeness (QED) is 0.753. The molecule has 0 aliphatic heterocycles. The number of carbonyl (C=O) groups is 1. The van der Waals surface area contributed by atoms with Crippen molar-refractivity contribution in [3.05, 3.63) is 41.5 Å². The zero-order chi connectivity index (χ0) is 12.3. The van der Waals surface area contributed by atoms with Crippen LogP contribution in [0.3, 0.4) is 0 Å². The summed E-state index contributed by atoms with van der Waals surface area (Å²) in [6.07, 6.45) is 0.508. The minimum Gasteiger partial charge on any atom is -0.497 e. The number of nitrogens with zero attached hydrogens (tertiary/aromatic N) is 2. The van der Waals surface area contributed by atoms with E-state index in [0.29, 0.717) is 12.2 Å². The van der Waals surface area contributed by atoms with Crippen LogP contribution in [0, 0.1) is 0 Å². The average molecular weight is 232 g/mol. The van der Waals surface area contributed by atoms with Gasteiger partial charge in [-0.05, 0) is 17.7 Å². The summed E-state index contributed by atoms with van der Waals surface area (Å²) in [6.45, 7) is 1.39. The van der Waals surface area contributed by atoms with Crippen molar-refractivity contribution in [3.63, 3.8) is 0 Å². The highest BCUT2D eigenvalue weighted by Gasteiger charge is 2.10. The van der Waals surface area contributed by atoms with Crippen LogP contribution < -0.4 is 4.74 Å². The van der Waals surface area contributed by atoms with E-state index in [2.05, 4.69) is 10.1 Å². The first-order valence-electron chi connectivity index (χ1n) is 5.15. The van der Waals surface area contributed by atoms with Gasteiger partial charge >= 0.3 is 0 Å². The smallest absolute Gasteiger partial charge is 0.293 e. The summed E-state index contributed by atoms with van der Waals surface area (Å²) in [5.74, 6) is 1.08. The molecular formula is C12H12N2O3. The number of hydrogen-bond acceptors (Lipinski definition) is 5. The summed E-state index contributed by atoms with van der Waals surface area (Å²) in [5, 5.41) is 3.74. The summed E-state index contributed by atoms with van der Waals surface area (Å²) in [7, 11) is 1.61. The average Bonchev–Trinajstić information content (AvgIpc) is 2.78. The minimum absolute atomic E-state index is 0.0443. The first-order valence-corrected chi connectivity index (χ1v) is 5.15. The molecule has 0 fully saturated rings. The first-order chi connectivity index (χ1) is 8.19. The molecular weight excluding hydrogens is 220 g/mol. The Morgan fingerprint density at radius 2 is 2.29 bits per heavy atom. The summed E-state index contributed by atoms with van der Waals surface area (Å²) in [6, 6.07) is 7.58. The lowest BCUT2D eigenvalue weighted by molar-refractivity contribution is 0.0972. The van der Waals surface area contributed by atoms with Gasteiger partial charge in [-0.25, -0.2) is 0 Å². The molecule has 0 aliphatic rings. The number of methoxy groups -OCH3 is 1. The molecule has 88 valence electrons. The molecule has 0 aliphatic carbocycles. The van der Waals surface area contributed by atoms with E-state index >= 15 is 0 Å². The largest absolute Gasteiger partial charge is 0.497 e. The van der Waals surface area contributed by atoms with Gasteiger partial charge < -0.3 is 9.26 Å². The second-order valence-corrected chi connectivity index (χ2v) is 3.60. The van der Waals surface area contributed by atoms with Crippen molar-refractivity contribution in [1.29, 1.82) is 0 Å². The molecule has 0 amide bonds. The molecule has 1 aromatic heterocycles. The lowest BCUT2D eigenvalue weighted by Crippen LogP contribution is -1.94. The summed E-state index contributed by atoms with van der Waals surface area (Å²) < 4.78 is 9.93. The van der Waals surface area contributed by atoms with E-state index in [-0.39, 0.29) is 11.7 Å². The van der Waals surface area contributed by atoms with E-state index in [1.54, 1.807) is 7.11 Å². The SMILES string of the molecule is COc1cccc(Cc2noc(C(C)=O)n2)c1. The van der Waals surface area contributed by atoms with Crippen molar-refractivity contribution < 1.29 is 14.1 Å². The maximum absolute atomic E-state index is 11.0. The van der Waals surface area contributed by atoms with Gasteiger partial charge in [0.05, 0.1) is 7.11 Å². The Morgan fingerprint density at radius 3 is 2.94 bits per heavy atom. The molecule has 0 saturated carbocycles. The highest BCUT2D eigenvalue weighted by molar-refractivity contribution is 5.89. The predicted octanol–water partition coefficient (Wildman–Crippen LogP) is 1.87. The molecule has 17 heavy (non-hydrogen) atoms. The number of hydrogen-bond donors (Lipinski definition) is 0. The van der Waals surface area contributed by atoms with Crippen molar-refractivity contribution in [1.82, 2.24) is 10.1 Å². The lowest BCUT2D eigenvalue weighted by atomic mass is 10.1. The maximum atomic E-state index is 11.0. The Kier molecular flexibility index (Phi) is 3.18. The van der Waals surface area contributed by atoms with Crippen LogP contribution in [0.5, 0.6) is 5.75 Å². The number of ether oxygens (including phenoxy) is 1. The molecule has 0 N–H and O–H groups in total. The van der Waals surface area contributed by atoms with Crippen LogP contribution in [-0.2, 0) is 6.42 Å². The van der Waals surface area contributed by atoms with E-state index < -0.39 is 0 Å². The van der Waals surface area contributed by atoms with Gasteiger partial charge in [-0.15, -0.1) is 0 Å². The van der Waals surface area contributed by atoms with Crippen LogP contribution in [-0.4, -0.2) is 23.0 Å². The summed E-state index contributed by atoms with van der Waals surface area (Å²) >= 11 is 0. The Labute approximate surface area is 98.4 Å². The highest BCUT2D eigenvalue weighted by Crippen LogP contribution is 2.15. The fourth-order valence-corrected chi connectivity index (χ4v) is 1.43. The van der Waals surface area contributed by atoms with Gasteiger partial charge in [-0.2, -0.15) is 4.98 Å².